The van der Waals surface area contributed by atoms with E-state index in [0.717, 1.165) is 50.8 Å². The number of nitrogens with one attached hydrogen (secondary N) is 1. The Hall–Kier alpha value is -2.43. The molecular formula is C24H30N4O3. The predicted molar refractivity (Wildman–Crippen MR) is 113 cm³/mol. The second-order valence-electron chi connectivity index (χ2n) is 10.1. The van der Waals surface area contributed by atoms with Crippen molar-refractivity contribution in [1.29, 1.82) is 5.26 Å². The molecule has 31 heavy (non-hydrogen) atoms. The predicted octanol–water partition coefficient (Wildman–Crippen LogP) is 1.56. The summed E-state index contributed by atoms with van der Waals surface area (Å²) in [6.07, 6.45) is 4.27. The van der Waals surface area contributed by atoms with Gasteiger partial charge in [0.25, 0.3) is 5.91 Å². The van der Waals surface area contributed by atoms with Gasteiger partial charge in [0, 0.05) is 31.1 Å². The van der Waals surface area contributed by atoms with Crippen LogP contribution in [-0.4, -0.2) is 48.6 Å². The third-order valence-corrected chi connectivity index (χ3v) is 8.04. The quantitative estimate of drug-likeness (QED) is 0.749. The van der Waals surface area contributed by atoms with Gasteiger partial charge in [-0.2, -0.15) is 5.26 Å². The van der Waals surface area contributed by atoms with Crippen molar-refractivity contribution in [3.05, 3.63) is 35.4 Å². The molecule has 0 radical (unpaired) electrons. The zero-order valence-electron chi connectivity index (χ0n) is 17.8. The zero-order chi connectivity index (χ0) is 21.6. The number of hydrogen-bond acceptors (Lipinski definition) is 5. The van der Waals surface area contributed by atoms with Crippen molar-refractivity contribution in [3.63, 3.8) is 0 Å². The molecule has 2 amide bonds. The van der Waals surface area contributed by atoms with E-state index in [1.807, 2.05) is 24.3 Å². The Kier molecular flexibility index (Phi) is 5.23. The monoisotopic (exact) mass is 422 g/mol. The maximum atomic E-state index is 13.1. The van der Waals surface area contributed by atoms with Gasteiger partial charge in [0.1, 0.15) is 6.10 Å². The van der Waals surface area contributed by atoms with E-state index in [2.05, 4.69) is 16.3 Å². The van der Waals surface area contributed by atoms with Crippen molar-refractivity contribution in [1.82, 2.24) is 10.2 Å². The van der Waals surface area contributed by atoms with Crippen LogP contribution in [0.1, 0.15) is 43.2 Å². The van der Waals surface area contributed by atoms with Gasteiger partial charge in [0.15, 0.2) is 0 Å². The van der Waals surface area contributed by atoms with E-state index < -0.39 is 6.10 Å². The highest BCUT2D eigenvalue weighted by atomic mass is 16.5. The van der Waals surface area contributed by atoms with Gasteiger partial charge < -0.3 is 15.8 Å². The van der Waals surface area contributed by atoms with Gasteiger partial charge in [-0.15, -0.1) is 0 Å². The van der Waals surface area contributed by atoms with Crippen molar-refractivity contribution >= 4 is 11.8 Å². The number of nitriles is 1. The van der Waals surface area contributed by atoms with Crippen LogP contribution in [0, 0.1) is 34.5 Å². The average molecular weight is 423 g/mol. The van der Waals surface area contributed by atoms with Gasteiger partial charge in [-0.25, -0.2) is 0 Å². The Morgan fingerprint density at radius 3 is 2.55 bits per heavy atom. The summed E-state index contributed by atoms with van der Waals surface area (Å²) in [5, 5.41) is 12.3. The van der Waals surface area contributed by atoms with Crippen LogP contribution < -0.4 is 11.1 Å². The Morgan fingerprint density at radius 1 is 1.19 bits per heavy atom. The SMILES string of the molecule is N#Cc1ccc(CN2CCOC(C(=O)NC3C4CC5CC3CC(C(N)=O)(C5)C4)C2)cc1. The molecule has 1 heterocycles. The highest BCUT2D eigenvalue weighted by Crippen LogP contribution is 2.59. The lowest BCUT2D eigenvalue weighted by molar-refractivity contribution is -0.151. The summed E-state index contributed by atoms with van der Waals surface area (Å²) in [5.74, 6) is 1.09. The fourth-order valence-electron chi connectivity index (χ4n) is 6.77. The second kappa shape index (κ2) is 7.92. The lowest BCUT2D eigenvalue weighted by Crippen LogP contribution is -2.63. The molecule has 3 unspecified atom stereocenters. The molecule has 1 aliphatic heterocycles. The molecule has 4 aliphatic carbocycles. The topological polar surface area (TPSA) is 108 Å². The lowest BCUT2D eigenvalue weighted by atomic mass is 9.47. The van der Waals surface area contributed by atoms with Crippen LogP contribution >= 0.6 is 0 Å². The van der Waals surface area contributed by atoms with Crippen molar-refractivity contribution in [2.45, 2.75) is 50.8 Å². The summed E-state index contributed by atoms with van der Waals surface area (Å²) in [7, 11) is 0. The third kappa shape index (κ3) is 3.83. The first kappa shape index (κ1) is 20.5. The lowest BCUT2D eigenvalue weighted by Gasteiger charge is -2.59. The number of morpholine rings is 1. The van der Waals surface area contributed by atoms with Crippen LogP contribution in [0.4, 0.5) is 0 Å². The molecule has 5 aliphatic rings. The van der Waals surface area contributed by atoms with Crippen LogP contribution in [0.25, 0.3) is 0 Å². The van der Waals surface area contributed by atoms with Crippen LogP contribution in [-0.2, 0) is 20.9 Å². The number of carbonyl (C=O) groups excluding carboxylic acids is 2. The molecule has 1 saturated heterocycles. The highest BCUT2D eigenvalue weighted by Gasteiger charge is 2.58. The molecule has 164 valence electrons. The maximum absolute atomic E-state index is 13.1. The zero-order valence-corrected chi connectivity index (χ0v) is 17.8. The van der Waals surface area contributed by atoms with Gasteiger partial charge in [0.05, 0.1) is 18.2 Å². The third-order valence-electron chi connectivity index (χ3n) is 8.04. The summed E-state index contributed by atoms with van der Waals surface area (Å²) < 4.78 is 5.82. The minimum atomic E-state index is -0.477. The maximum Gasteiger partial charge on any atom is 0.250 e. The minimum absolute atomic E-state index is 0.0323. The Labute approximate surface area is 182 Å². The number of benzene rings is 1. The molecule has 7 heteroatoms. The van der Waals surface area contributed by atoms with Gasteiger partial charge in [0.2, 0.25) is 5.91 Å². The number of rotatable bonds is 5. The van der Waals surface area contributed by atoms with Gasteiger partial charge >= 0.3 is 0 Å². The van der Waals surface area contributed by atoms with E-state index in [9.17, 15) is 9.59 Å². The van der Waals surface area contributed by atoms with Gasteiger partial charge in [-0.1, -0.05) is 12.1 Å². The highest BCUT2D eigenvalue weighted by molar-refractivity contribution is 5.83. The summed E-state index contributed by atoms with van der Waals surface area (Å²) in [5.41, 5.74) is 7.22. The Morgan fingerprint density at radius 2 is 1.90 bits per heavy atom. The van der Waals surface area contributed by atoms with E-state index >= 15 is 0 Å². The normalized spacial score (nSPS) is 36.7. The van der Waals surface area contributed by atoms with Crippen molar-refractivity contribution in [2.75, 3.05) is 19.7 Å². The van der Waals surface area contributed by atoms with Gasteiger partial charge in [-0.05, 0) is 67.6 Å². The fourth-order valence-corrected chi connectivity index (χ4v) is 6.77. The summed E-state index contributed by atoms with van der Waals surface area (Å²) in [6, 6.07) is 9.85. The molecule has 7 nitrogen and oxygen atoms in total. The number of nitrogens with two attached hydrogens (primary N) is 1. The van der Waals surface area contributed by atoms with Crippen molar-refractivity contribution in [3.8, 4) is 6.07 Å². The smallest absolute Gasteiger partial charge is 0.250 e. The molecule has 1 aromatic carbocycles. The molecule has 1 aromatic rings. The summed E-state index contributed by atoms with van der Waals surface area (Å²) >= 11 is 0. The molecule has 0 spiro atoms. The van der Waals surface area contributed by atoms with E-state index in [1.54, 1.807) is 0 Å². The van der Waals surface area contributed by atoms with E-state index in [0.29, 0.717) is 36.5 Å². The standard InChI is InChI=1S/C24H30N4O3/c25-12-15-1-3-16(4-2-15)13-28-5-6-31-20(14-28)22(29)27-21-18-7-17-8-19(21)11-24(9-17,10-18)23(26)30/h1-4,17-21H,5-11,13-14H2,(H2,26,30)(H,27,29). The summed E-state index contributed by atoms with van der Waals surface area (Å²) in [4.78, 5) is 27.5. The number of hydrogen-bond donors (Lipinski definition) is 2. The first-order chi connectivity index (χ1) is 15.0. The second-order valence-corrected chi connectivity index (χ2v) is 10.1. The molecule has 3 atom stereocenters. The number of carbonyl (C=O) groups is 2. The average Bonchev–Trinajstić information content (AvgIpc) is 2.76. The van der Waals surface area contributed by atoms with Crippen LogP contribution in [0.2, 0.25) is 0 Å². The molecule has 0 aromatic heterocycles. The minimum Gasteiger partial charge on any atom is -0.369 e. The fraction of sp³-hybridized carbons (Fsp3) is 0.625. The van der Waals surface area contributed by atoms with Crippen molar-refractivity contribution in [2.24, 2.45) is 28.9 Å². The van der Waals surface area contributed by atoms with Crippen molar-refractivity contribution < 1.29 is 14.3 Å². The van der Waals surface area contributed by atoms with E-state index in [-0.39, 0.29) is 23.3 Å². The van der Waals surface area contributed by atoms with Crippen LogP contribution in [0.5, 0.6) is 0 Å². The molecule has 5 fully saturated rings. The van der Waals surface area contributed by atoms with E-state index in [1.165, 1.54) is 0 Å². The Bertz CT molecular complexity index is 892. The molecular weight excluding hydrogens is 392 g/mol. The van der Waals surface area contributed by atoms with Crippen LogP contribution in [0.15, 0.2) is 24.3 Å². The van der Waals surface area contributed by atoms with Crippen LogP contribution in [0.3, 0.4) is 0 Å². The molecule has 4 bridgehead atoms. The molecule has 6 rings (SSSR count). The number of ether oxygens (including phenoxy) is 1. The Balaban J connectivity index is 1.20. The first-order valence-corrected chi connectivity index (χ1v) is 11.4. The summed E-state index contributed by atoms with van der Waals surface area (Å²) in [6.45, 7) is 2.60. The molecule has 4 saturated carbocycles. The number of primary amides is 1. The van der Waals surface area contributed by atoms with Gasteiger partial charge in [-0.3, -0.25) is 14.5 Å². The largest absolute Gasteiger partial charge is 0.369 e. The number of nitrogens with zero attached hydrogens (tertiary/aromatic N) is 2. The number of amides is 2. The molecule has 3 N–H and O–H groups in total. The first-order valence-electron chi connectivity index (χ1n) is 11.4. The van der Waals surface area contributed by atoms with E-state index in [4.69, 9.17) is 15.7 Å².